The molecule has 0 fully saturated rings. The minimum Gasteiger partial charge on any atom is -0.668 e. The second-order valence-corrected chi connectivity index (χ2v) is 11.3. The van der Waals surface area contributed by atoms with Crippen LogP contribution >= 0.6 is 0 Å². The third-order valence-corrected chi connectivity index (χ3v) is 8.03. The third kappa shape index (κ3) is 10.2. The fraction of sp³-hybridized carbons (Fsp3) is 0.500. The SMILES string of the molecule is COc1cc(CCC(=O)[C@H](O)C(=O)CCCCCCCCCO)cc([C@@H](c2ccnc(N)c2)[C@H](CO)Cc2ccc[n-]2)c1O. The highest BCUT2D eigenvalue weighted by Crippen LogP contribution is 2.43. The van der Waals surface area contributed by atoms with Gasteiger partial charge in [0.2, 0.25) is 0 Å². The number of aryl methyl sites for hydroxylation is 1. The smallest absolute Gasteiger partial charge is 0.170 e. The summed E-state index contributed by atoms with van der Waals surface area (Å²) in [7, 11) is 1.43. The van der Waals surface area contributed by atoms with Gasteiger partial charge < -0.3 is 35.9 Å². The predicted octanol–water partition coefficient (Wildman–Crippen LogP) is 3.86. The molecule has 0 saturated heterocycles. The van der Waals surface area contributed by atoms with Crippen molar-refractivity contribution >= 4 is 17.4 Å². The molecule has 240 valence electrons. The highest BCUT2D eigenvalue weighted by Gasteiger charge is 2.29. The second-order valence-electron chi connectivity index (χ2n) is 11.3. The first-order valence-electron chi connectivity index (χ1n) is 15.4. The summed E-state index contributed by atoms with van der Waals surface area (Å²) < 4.78 is 5.48. The number of methoxy groups -OCH3 is 1. The van der Waals surface area contributed by atoms with E-state index in [2.05, 4.69) is 9.97 Å². The van der Waals surface area contributed by atoms with Gasteiger partial charge in [-0.1, -0.05) is 50.3 Å². The molecule has 3 aromatic rings. The van der Waals surface area contributed by atoms with E-state index in [4.69, 9.17) is 15.6 Å². The van der Waals surface area contributed by atoms with Crippen LogP contribution in [0.4, 0.5) is 5.82 Å². The Kier molecular flexibility index (Phi) is 14.3. The number of rotatable bonds is 21. The van der Waals surface area contributed by atoms with Crippen LogP contribution in [0.5, 0.6) is 11.5 Å². The van der Waals surface area contributed by atoms with E-state index in [1.807, 2.05) is 12.1 Å². The van der Waals surface area contributed by atoms with Crippen LogP contribution < -0.4 is 15.5 Å². The van der Waals surface area contributed by atoms with E-state index in [1.54, 1.807) is 36.7 Å². The molecule has 0 saturated carbocycles. The molecule has 0 bridgehead atoms. The van der Waals surface area contributed by atoms with Crippen LogP contribution in [0.15, 0.2) is 48.8 Å². The van der Waals surface area contributed by atoms with E-state index in [0.29, 0.717) is 29.8 Å². The first kappa shape index (κ1) is 34.8. The molecule has 2 heterocycles. The molecule has 0 aliphatic heterocycles. The summed E-state index contributed by atoms with van der Waals surface area (Å²) in [6.07, 6.45) is 8.63. The largest absolute Gasteiger partial charge is 0.668 e. The summed E-state index contributed by atoms with van der Waals surface area (Å²) in [5.41, 5.74) is 8.68. The monoisotopic (exact) mass is 608 g/mol. The number of ketones is 2. The molecule has 1 aromatic carbocycles. The summed E-state index contributed by atoms with van der Waals surface area (Å²) in [5.74, 6) is -1.54. The van der Waals surface area contributed by atoms with E-state index in [1.165, 1.54) is 7.11 Å². The maximum Gasteiger partial charge on any atom is 0.170 e. The summed E-state index contributed by atoms with van der Waals surface area (Å²) in [6.45, 7) is 0.00349. The van der Waals surface area contributed by atoms with Crippen molar-refractivity contribution in [3.05, 3.63) is 71.2 Å². The summed E-state index contributed by atoms with van der Waals surface area (Å²) in [6, 6.07) is 10.6. The Labute approximate surface area is 259 Å². The van der Waals surface area contributed by atoms with Crippen molar-refractivity contribution in [2.75, 3.05) is 26.1 Å². The van der Waals surface area contributed by atoms with Gasteiger partial charge in [0.25, 0.3) is 0 Å². The Hall–Kier alpha value is -3.73. The molecule has 0 amide bonds. The first-order chi connectivity index (χ1) is 21.3. The van der Waals surface area contributed by atoms with Crippen molar-refractivity contribution in [1.29, 1.82) is 0 Å². The number of nitrogens with zero attached hydrogens (tertiary/aromatic N) is 2. The molecule has 10 heteroatoms. The van der Waals surface area contributed by atoms with Gasteiger partial charge in [-0.2, -0.15) is 11.9 Å². The van der Waals surface area contributed by atoms with Gasteiger partial charge in [-0.3, -0.25) is 9.59 Å². The standard InChI is InChI=1S/C34H46N3O7/c1-44-30-19-23(12-13-29(41)34(43)28(40)11-7-5-3-2-4-6-8-17-38)18-27(33(30)42)32(24-14-16-37-31(35)21-24)25(22-39)20-26-10-9-15-36-26/h9-10,14-16,18-19,21,25,32,34,38-39,42-43H,2-8,11-13,17,20,22H2,1H3,(H2,35,37)/q-1/t25-,32-,34+/m0/s1. The van der Waals surface area contributed by atoms with Gasteiger partial charge in [-0.15, -0.1) is 0 Å². The fourth-order valence-electron chi connectivity index (χ4n) is 5.62. The number of pyridine rings is 1. The van der Waals surface area contributed by atoms with Crippen LogP contribution in [0.2, 0.25) is 0 Å². The number of phenolic OH excluding ortho intramolecular Hbond substituents is 1. The van der Waals surface area contributed by atoms with Gasteiger partial charge in [-0.25, -0.2) is 4.98 Å². The maximum absolute atomic E-state index is 12.8. The summed E-state index contributed by atoms with van der Waals surface area (Å²) in [4.78, 5) is 33.7. The number of unbranched alkanes of at least 4 members (excludes halogenated alkanes) is 6. The zero-order valence-corrected chi connectivity index (χ0v) is 25.5. The number of Topliss-reactive ketones (excluding diaryl/α,β-unsaturated/α-hetero) is 2. The van der Waals surface area contributed by atoms with Crippen LogP contribution in [0.3, 0.4) is 0 Å². The van der Waals surface area contributed by atoms with E-state index in [-0.39, 0.29) is 49.9 Å². The van der Waals surface area contributed by atoms with Crippen molar-refractivity contribution in [1.82, 2.24) is 9.97 Å². The summed E-state index contributed by atoms with van der Waals surface area (Å²) in [5, 5.41) is 41.0. The molecule has 0 spiro atoms. The maximum atomic E-state index is 12.8. The van der Waals surface area contributed by atoms with Crippen molar-refractivity contribution in [2.24, 2.45) is 5.92 Å². The Morgan fingerprint density at radius 3 is 2.32 bits per heavy atom. The normalized spacial score (nSPS) is 13.4. The van der Waals surface area contributed by atoms with Gasteiger partial charge in [0.1, 0.15) is 5.82 Å². The van der Waals surface area contributed by atoms with Crippen molar-refractivity contribution < 1.29 is 34.8 Å². The number of carbonyl (C=O) groups is 2. The molecule has 0 aliphatic carbocycles. The Balaban J connectivity index is 1.73. The molecule has 0 unspecified atom stereocenters. The van der Waals surface area contributed by atoms with E-state index in [9.17, 15) is 24.9 Å². The highest BCUT2D eigenvalue weighted by atomic mass is 16.5. The number of aliphatic hydroxyl groups excluding tert-OH is 3. The molecule has 2 aromatic heterocycles. The molecule has 0 aliphatic rings. The number of nitrogen functional groups attached to an aromatic ring is 1. The summed E-state index contributed by atoms with van der Waals surface area (Å²) >= 11 is 0. The van der Waals surface area contributed by atoms with Crippen LogP contribution in [0, 0.1) is 5.92 Å². The van der Waals surface area contributed by atoms with Gasteiger partial charge in [0.15, 0.2) is 29.2 Å². The number of aliphatic hydroxyl groups is 3. The molecule has 0 radical (unpaired) electrons. The number of anilines is 1. The van der Waals surface area contributed by atoms with Gasteiger partial charge in [0.05, 0.1) is 7.11 Å². The van der Waals surface area contributed by atoms with Gasteiger partial charge in [0, 0.05) is 43.7 Å². The fourth-order valence-corrected chi connectivity index (χ4v) is 5.62. The number of hydrogen-bond donors (Lipinski definition) is 5. The lowest BCUT2D eigenvalue weighted by atomic mass is 9.78. The van der Waals surface area contributed by atoms with Crippen LogP contribution in [-0.2, 0) is 22.4 Å². The minimum absolute atomic E-state index is 0.0706. The zero-order chi connectivity index (χ0) is 31.9. The van der Waals surface area contributed by atoms with Crippen LogP contribution in [0.1, 0.15) is 86.1 Å². The molecule has 44 heavy (non-hydrogen) atoms. The van der Waals surface area contributed by atoms with Gasteiger partial charge >= 0.3 is 0 Å². The molecular formula is C34H46N3O7-. The second kappa shape index (κ2) is 18.2. The van der Waals surface area contributed by atoms with Crippen molar-refractivity contribution in [3.63, 3.8) is 0 Å². The van der Waals surface area contributed by atoms with Crippen molar-refractivity contribution in [3.8, 4) is 11.5 Å². The molecule has 10 nitrogen and oxygen atoms in total. The number of nitrogens with two attached hydrogens (primary N) is 1. The first-order valence-corrected chi connectivity index (χ1v) is 15.4. The predicted molar refractivity (Wildman–Crippen MR) is 168 cm³/mol. The van der Waals surface area contributed by atoms with E-state index >= 15 is 0 Å². The average molecular weight is 609 g/mol. The number of hydrogen-bond acceptors (Lipinski definition) is 9. The lowest BCUT2D eigenvalue weighted by Crippen LogP contribution is -2.30. The quantitative estimate of drug-likeness (QED) is 0.0881. The minimum atomic E-state index is -1.67. The number of carbonyl (C=O) groups excluding carboxylic acids is 2. The topological polar surface area (TPSA) is 177 Å². The van der Waals surface area contributed by atoms with Crippen LogP contribution in [-0.4, -0.2) is 63.4 Å². The number of aromatic hydroxyl groups is 1. The van der Waals surface area contributed by atoms with Gasteiger partial charge in [-0.05, 0) is 60.9 Å². The number of benzene rings is 1. The van der Waals surface area contributed by atoms with E-state index < -0.39 is 23.6 Å². The van der Waals surface area contributed by atoms with Crippen molar-refractivity contribution in [2.45, 2.75) is 82.7 Å². The molecule has 6 N–H and O–H groups in total. The zero-order valence-electron chi connectivity index (χ0n) is 25.5. The third-order valence-electron chi connectivity index (χ3n) is 8.03. The Morgan fingerprint density at radius 1 is 0.977 bits per heavy atom. The Bertz CT molecular complexity index is 1310. The lowest BCUT2D eigenvalue weighted by Gasteiger charge is -2.29. The molecule has 3 atom stereocenters. The average Bonchev–Trinajstić information content (AvgIpc) is 3.54. The number of phenols is 1. The highest BCUT2D eigenvalue weighted by molar-refractivity contribution is 6.05. The van der Waals surface area contributed by atoms with E-state index in [0.717, 1.165) is 49.8 Å². The molecule has 3 rings (SSSR count). The lowest BCUT2D eigenvalue weighted by molar-refractivity contribution is -0.138. The van der Waals surface area contributed by atoms with Crippen LogP contribution in [0.25, 0.3) is 0 Å². The molecular weight excluding hydrogens is 562 g/mol. The number of aromatic nitrogens is 2. The number of ether oxygens (including phenoxy) is 1. The Morgan fingerprint density at radius 2 is 1.68 bits per heavy atom.